The molecule has 0 aromatic rings. The first kappa shape index (κ1) is 12.0. The van der Waals surface area contributed by atoms with Crippen molar-refractivity contribution >= 4 is 11.9 Å². The van der Waals surface area contributed by atoms with Gasteiger partial charge in [-0.3, -0.25) is 9.59 Å². The maximum atomic E-state index is 10.9. The third-order valence-electron chi connectivity index (χ3n) is 2.55. The molecule has 0 saturated carbocycles. The van der Waals surface area contributed by atoms with Gasteiger partial charge < -0.3 is 15.2 Å². The molecule has 1 rings (SSSR count). The van der Waals surface area contributed by atoms with Gasteiger partial charge in [0.2, 0.25) is 5.91 Å². The Bertz CT molecular complexity index is 220. The second kappa shape index (κ2) is 5.70. The van der Waals surface area contributed by atoms with Gasteiger partial charge in [-0.05, 0) is 12.8 Å². The van der Waals surface area contributed by atoms with E-state index in [9.17, 15) is 9.59 Å². The number of amides is 1. The summed E-state index contributed by atoms with van der Waals surface area (Å²) in [7, 11) is 0. The fraction of sp³-hybridized carbons (Fsp3) is 0.800. The summed E-state index contributed by atoms with van der Waals surface area (Å²) >= 11 is 0. The minimum atomic E-state index is -0.890. The van der Waals surface area contributed by atoms with Crippen molar-refractivity contribution in [2.45, 2.75) is 32.2 Å². The molecule has 1 aliphatic rings. The first-order chi connectivity index (χ1) is 7.09. The normalized spacial score (nSPS) is 23.1. The molecule has 2 atom stereocenters. The predicted octanol–water partition coefficient (Wildman–Crippen LogP) is 0.392. The molecule has 86 valence electrons. The summed E-state index contributed by atoms with van der Waals surface area (Å²) in [5.74, 6) is -0.954. The highest BCUT2D eigenvalue weighted by atomic mass is 16.5. The number of aliphatic carboxylic acids is 1. The van der Waals surface area contributed by atoms with E-state index in [-0.39, 0.29) is 24.3 Å². The summed E-state index contributed by atoms with van der Waals surface area (Å²) in [6, 6.07) is -0.305. The number of carbonyl (C=O) groups is 2. The van der Waals surface area contributed by atoms with Crippen LogP contribution in [0.25, 0.3) is 0 Å². The van der Waals surface area contributed by atoms with E-state index in [1.54, 1.807) is 0 Å². The van der Waals surface area contributed by atoms with Gasteiger partial charge in [-0.25, -0.2) is 0 Å². The highest BCUT2D eigenvalue weighted by Gasteiger charge is 2.26. The predicted molar refractivity (Wildman–Crippen MR) is 53.4 cm³/mol. The van der Waals surface area contributed by atoms with E-state index in [4.69, 9.17) is 9.84 Å². The maximum absolute atomic E-state index is 10.9. The second-order valence-corrected chi connectivity index (χ2v) is 3.88. The van der Waals surface area contributed by atoms with Crippen LogP contribution < -0.4 is 5.32 Å². The average Bonchev–Trinajstić information content (AvgIpc) is 2.17. The number of carboxylic acid groups (broad SMARTS) is 1. The molecule has 5 nitrogen and oxygen atoms in total. The number of ether oxygens (including phenoxy) is 1. The van der Waals surface area contributed by atoms with E-state index in [0.717, 1.165) is 19.4 Å². The molecule has 1 fully saturated rings. The van der Waals surface area contributed by atoms with Crippen molar-refractivity contribution in [3.05, 3.63) is 0 Å². The lowest BCUT2D eigenvalue weighted by Gasteiger charge is -2.29. The van der Waals surface area contributed by atoms with Gasteiger partial charge in [0, 0.05) is 25.5 Å². The van der Waals surface area contributed by atoms with E-state index in [0.29, 0.717) is 6.61 Å². The largest absolute Gasteiger partial charge is 0.481 e. The molecule has 1 heterocycles. The Labute approximate surface area is 88.8 Å². The summed E-state index contributed by atoms with van der Waals surface area (Å²) < 4.78 is 5.28. The zero-order valence-electron chi connectivity index (χ0n) is 8.86. The van der Waals surface area contributed by atoms with Crippen LogP contribution in [-0.4, -0.2) is 36.2 Å². The highest BCUT2D eigenvalue weighted by Crippen LogP contribution is 2.19. The average molecular weight is 215 g/mol. The number of carbonyl (C=O) groups excluding carboxylic acids is 1. The summed E-state index contributed by atoms with van der Waals surface area (Å²) in [4.78, 5) is 21.6. The van der Waals surface area contributed by atoms with E-state index >= 15 is 0 Å². The Morgan fingerprint density at radius 3 is 2.80 bits per heavy atom. The molecular formula is C10H17NO4. The molecule has 15 heavy (non-hydrogen) atoms. The van der Waals surface area contributed by atoms with E-state index < -0.39 is 5.97 Å². The van der Waals surface area contributed by atoms with Gasteiger partial charge >= 0.3 is 5.97 Å². The Hall–Kier alpha value is -1.10. The summed E-state index contributed by atoms with van der Waals surface area (Å²) in [5, 5.41) is 11.4. The number of hydrogen-bond donors (Lipinski definition) is 2. The fourth-order valence-electron chi connectivity index (χ4n) is 1.87. The molecule has 1 amide bonds. The summed E-state index contributed by atoms with van der Waals surface area (Å²) in [6.07, 6.45) is 1.81. The lowest BCUT2D eigenvalue weighted by Crippen LogP contribution is -2.43. The molecule has 1 saturated heterocycles. The lowest BCUT2D eigenvalue weighted by atomic mass is 9.91. The minimum absolute atomic E-state index is 0.0341. The van der Waals surface area contributed by atoms with Crippen molar-refractivity contribution in [3.63, 3.8) is 0 Å². The molecule has 1 aliphatic heterocycles. The van der Waals surface area contributed by atoms with Crippen molar-refractivity contribution in [1.82, 2.24) is 5.32 Å². The number of nitrogens with one attached hydrogen (secondary N) is 1. The van der Waals surface area contributed by atoms with Gasteiger partial charge in [0.15, 0.2) is 0 Å². The summed E-state index contributed by atoms with van der Waals surface area (Å²) in [6.45, 7) is 2.67. The Balaban J connectivity index is 2.52. The van der Waals surface area contributed by atoms with Crippen LogP contribution in [-0.2, 0) is 14.3 Å². The smallest absolute Gasteiger partial charge is 0.305 e. The molecular weight excluding hydrogens is 198 g/mol. The van der Waals surface area contributed by atoms with Crippen LogP contribution in [0.1, 0.15) is 26.2 Å². The molecule has 2 N–H and O–H groups in total. The number of carboxylic acids is 1. The Morgan fingerprint density at radius 1 is 1.60 bits per heavy atom. The second-order valence-electron chi connectivity index (χ2n) is 3.88. The van der Waals surface area contributed by atoms with E-state index in [2.05, 4.69) is 5.32 Å². The maximum Gasteiger partial charge on any atom is 0.305 e. The van der Waals surface area contributed by atoms with Crippen LogP contribution in [0.5, 0.6) is 0 Å². The quantitative estimate of drug-likeness (QED) is 0.711. The number of hydrogen-bond acceptors (Lipinski definition) is 3. The lowest BCUT2D eigenvalue weighted by molar-refractivity contribution is -0.138. The van der Waals surface area contributed by atoms with E-state index in [1.165, 1.54) is 6.92 Å². The van der Waals surface area contributed by atoms with Crippen molar-refractivity contribution in [1.29, 1.82) is 0 Å². The van der Waals surface area contributed by atoms with Crippen LogP contribution in [0, 0.1) is 5.92 Å². The topological polar surface area (TPSA) is 75.6 Å². The van der Waals surface area contributed by atoms with Crippen molar-refractivity contribution in [2.24, 2.45) is 5.92 Å². The van der Waals surface area contributed by atoms with Crippen molar-refractivity contribution in [3.8, 4) is 0 Å². The molecule has 0 bridgehead atoms. The molecule has 0 aromatic heterocycles. The zero-order chi connectivity index (χ0) is 11.3. The standard InChI is InChI=1S/C10H17NO4/c1-7(12)11-9(5-10(13)14)8-3-2-4-15-6-8/h8-9H,2-6H2,1H3,(H,11,12)(H,13,14)/t8?,9-/m1/s1. The molecule has 0 spiro atoms. The first-order valence-electron chi connectivity index (χ1n) is 5.16. The monoisotopic (exact) mass is 215 g/mol. The molecule has 0 radical (unpaired) electrons. The van der Waals surface area contributed by atoms with Gasteiger partial charge in [0.25, 0.3) is 0 Å². The van der Waals surface area contributed by atoms with Gasteiger partial charge in [0.05, 0.1) is 13.0 Å². The highest BCUT2D eigenvalue weighted by molar-refractivity contribution is 5.75. The van der Waals surface area contributed by atoms with Crippen LogP contribution in [0.2, 0.25) is 0 Å². The van der Waals surface area contributed by atoms with Crippen LogP contribution >= 0.6 is 0 Å². The van der Waals surface area contributed by atoms with Crippen LogP contribution in [0.15, 0.2) is 0 Å². The summed E-state index contributed by atoms with van der Waals surface area (Å²) in [5.41, 5.74) is 0. The minimum Gasteiger partial charge on any atom is -0.481 e. The molecule has 0 aliphatic carbocycles. The first-order valence-corrected chi connectivity index (χ1v) is 5.16. The van der Waals surface area contributed by atoms with Crippen molar-refractivity contribution in [2.75, 3.05) is 13.2 Å². The third-order valence-corrected chi connectivity index (χ3v) is 2.55. The van der Waals surface area contributed by atoms with Gasteiger partial charge in [-0.1, -0.05) is 0 Å². The van der Waals surface area contributed by atoms with E-state index in [1.807, 2.05) is 0 Å². The SMILES string of the molecule is CC(=O)N[C@H](CC(=O)O)C1CCCOC1. The third kappa shape index (κ3) is 4.29. The van der Waals surface area contributed by atoms with Crippen LogP contribution in [0.4, 0.5) is 0 Å². The Morgan fingerprint density at radius 2 is 2.33 bits per heavy atom. The fourth-order valence-corrected chi connectivity index (χ4v) is 1.87. The Kier molecular flexibility index (Phi) is 4.55. The van der Waals surface area contributed by atoms with Crippen LogP contribution in [0.3, 0.4) is 0 Å². The zero-order valence-corrected chi connectivity index (χ0v) is 8.86. The molecule has 5 heteroatoms. The molecule has 1 unspecified atom stereocenters. The number of rotatable bonds is 4. The van der Waals surface area contributed by atoms with Gasteiger partial charge in [-0.2, -0.15) is 0 Å². The van der Waals surface area contributed by atoms with Gasteiger partial charge in [-0.15, -0.1) is 0 Å². The van der Waals surface area contributed by atoms with Gasteiger partial charge in [0.1, 0.15) is 0 Å². The molecule has 0 aromatic carbocycles. The van der Waals surface area contributed by atoms with Crippen molar-refractivity contribution < 1.29 is 19.4 Å².